The first-order valence-corrected chi connectivity index (χ1v) is 9.04. The molecule has 6 nitrogen and oxygen atoms in total. The minimum Gasteiger partial charge on any atom is -0.487 e. The largest absolute Gasteiger partial charge is 0.487 e. The monoisotopic (exact) mass is 343 g/mol. The minimum absolute atomic E-state index is 0.228. The Balaban J connectivity index is 1.91. The summed E-state index contributed by atoms with van der Waals surface area (Å²) < 4.78 is 32.7. The van der Waals surface area contributed by atoms with Crippen molar-refractivity contribution in [1.82, 2.24) is 8.96 Å². The van der Waals surface area contributed by atoms with Gasteiger partial charge in [-0.3, -0.25) is 0 Å². The van der Waals surface area contributed by atoms with E-state index in [1.165, 1.54) is 10.2 Å². The van der Waals surface area contributed by atoms with Crippen LogP contribution in [0.2, 0.25) is 0 Å². The van der Waals surface area contributed by atoms with Crippen molar-refractivity contribution in [2.75, 3.05) is 11.9 Å². The summed E-state index contributed by atoms with van der Waals surface area (Å²) in [7, 11) is -3.69. The molecule has 0 spiro atoms. The van der Waals surface area contributed by atoms with Crippen molar-refractivity contribution in [3.8, 4) is 5.75 Å². The highest BCUT2D eigenvalue weighted by atomic mass is 32.2. The van der Waals surface area contributed by atoms with Gasteiger partial charge in [0.25, 0.3) is 10.0 Å². The topological polar surface area (TPSA) is 73.2 Å². The highest BCUT2D eigenvalue weighted by Gasteiger charge is 2.29. The van der Waals surface area contributed by atoms with Crippen molar-refractivity contribution in [3.63, 3.8) is 0 Å². The second-order valence-electron chi connectivity index (χ2n) is 6.46. The highest BCUT2D eigenvalue weighted by molar-refractivity contribution is 7.90. The van der Waals surface area contributed by atoms with Gasteiger partial charge in [-0.25, -0.2) is 17.4 Å². The molecule has 0 atom stereocenters. The maximum atomic E-state index is 12.9. The molecule has 0 amide bonds. The fraction of sp³-hybridized carbons (Fsp3) is 0.235. The maximum Gasteiger partial charge on any atom is 0.269 e. The molecule has 0 fully saturated rings. The summed E-state index contributed by atoms with van der Waals surface area (Å²) in [6.07, 6.45) is 3.10. The molecule has 2 aromatic heterocycles. The number of ether oxygens (including phenoxy) is 1. The van der Waals surface area contributed by atoms with Crippen LogP contribution in [0, 0.1) is 0 Å². The molecule has 0 saturated carbocycles. The van der Waals surface area contributed by atoms with Crippen molar-refractivity contribution in [2.45, 2.75) is 24.3 Å². The van der Waals surface area contributed by atoms with Gasteiger partial charge in [0, 0.05) is 11.6 Å². The van der Waals surface area contributed by atoms with E-state index in [-0.39, 0.29) is 10.4 Å². The molecule has 124 valence electrons. The number of pyridine rings is 1. The lowest BCUT2D eigenvalue weighted by Gasteiger charge is -2.33. The van der Waals surface area contributed by atoms with E-state index in [1.54, 1.807) is 42.6 Å². The molecule has 1 aliphatic rings. The number of nitrogens with one attached hydrogen (secondary N) is 1. The molecule has 1 aromatic carbocycles. The fourth-order valence-corrected chi connectivity index (χ4v) is 4.14. The molecule has 0 unspecified atom stereocenters. The molecule has 0 radical (unpaired) electrons. The van der Waals surface area contributed by atoms with Crippen molar-refractivity contribution < 1.29 is 13.2 Å². The van der Waals surface area contributed by atoms with Crippen molar-refractivity contribution in [1.29, 1.82) is 0 Å². The van der Waals surface area contributed by atoms with Gasteiger partial charge in [0.1, 0.15) is 6.61 Å². The number of aromatic nitrogens is 2. The van der Waals surface area contributed by atoms with Crippen LogP contribution in [0.5, 0.6) is 5.75 Å². The Labute approximate surface area is 140 Å². The lowest BCUT2D eigenvalue weighted by molar-refractivity contribution is 0.242. The van der Waals surface area contributed by atoms with Gasteiger partial charge in [-0.15, -0.1) is 0 Å². The van der Waals surface area contributed by atoms with Gasteiger partial charge in [-0.05, 0) is 32.0 Å². The molecular weight excluding hydrogens is 326 g/mol. The number of nitrogens with zero attached hydrogens (tertiary/aromatic N) is 2. The summed E-state index contributed by atoms with van der Waals surface area (Å²) in [4.78, 5) is 4.54. The number of hydrogen-bond donors (Lipinski definition) is 1. The summed E-state index contributed by atoms with van der Waals surface area (Å²) in [5.74, 6) is 0.636. The van der Waals surface area contributed by atoms with Crippen LogP contribution in [0.15, 0.2) is 53.7 Å². The van der Waals surface area contributed by atoms with Gasteiger partial charge >= 0.3 is 0 Å². The van der Waals surface area contributed by atoms with Gasteiger partial charge in [0.15, 0.2) is 11.4 Å². The Morgan fingerprint density at radius 2 is 1.96 bits per heavy atom. The first-order chi connectivity index (χ1) is 11.4. The van der Waals surface area contributed by atoms with Crippen LogP contribution in [0.3, 0.4) is 0 Å². The third kappa shape index (κ3) is 2.24. The maximum absolute atomic E-state index is 12.9. The number of anilines is 1. The van der Waals surface area contributed by atoms with Gasteiger partial charge < -0.3 is 10.1 Å². The molecule has 4 rings (SSSR count). The minimum atomic E-state index is -3.69. The average Bonchev–Trinajstić information content (AvgIpc) is 3.00. The zero-order valence-electron chi connectivity index (χ0n) is 13.4. The van der Waals surface area contributed by atoms with Gasteiger partial charge in [0.05, 0.1) is 22.3 Å². The molecule has 3 heterocycles. The van der Waals surface area contributed by atoms with E-state index >= 15 is 0 Å². The molecule has 24 heavy (non-hydrogen) atoms. The van der Waals surface area contributed by atoms with Crippen LogP contribution in [0.25, 0.3) is 11.0 Å². The number of rotatable bonds is 2. The van der Waals surface area contributed by atoms with E-state index in [9.17, 15) is 8.42 Å². The van der Waals surface area contributed by atoms with E-state index in [1.807, 2.05) is 13.8 Å². The van der Waals surface area contributed by atoms with Crippen molar-refractivity contribution in [3.05, 3.63) is 48.8 Å². The summed E-state index contributed by atoms with van der Waals surface area (Å²) in [6, 6.07) is 10.1. The van der Waals surface area contributed by atoms with E-state index in [2.05, 4.69) is 10.3 Å². The van der Waals surface area contributed by atoms with Crippen molar-refractivity contribution in [2.24, 2.45) is 0 Å². The van der Waals surface area contributed by atoms with Crippen LogP contribution in [-0.4, -0.2) is 29.5 Å². The lowest BCUT2D eigenvalue weighted by atomic mass is 10.0. The molecular formula is C17H17N3O3S. The Morgan fingerprint density at radius 3 is 2.71 bits per heavy atom. The highest BCUT2D eigenvalue weighted by Crippen LogP contribution is 2.38. The SMILES string of the molecule is CC1(C)COc2cnc3c(ccn3S(=O)(=O)c3ccccc3)c2N1. The number of fused-ring (bicyclic) bond motifs is 3. The molecule has 7 heteroatoms. The zero-order chi connectivity index (χ0) is 16.9. The molecule has 0 bridgehead atoms. The van der Waals surface area contributed by atoms with Crippen LogP contribution >= 0.6 is 0 Å². The van der Waals surface area contributed by atoms with Crippen LogP contribution < -0.4 is 10.1 Å². The Bertz CT molecular complexity index is 1020. The zero-order valence-corrected chi connectivity index (χ0v) is 14.2. The fourth-order valence-electron chi connectivity index (χ4n) is 2.82. The van der Waals surface area contributed by atoms with Crippen LogP contribution in [-0.2, 0) is 10.0 Å². The quantitative estimate of drug-likeness (QED) is 0.774. The Hall–Kier alpha value is -2.54. The lowest BCUT2D eigenvalue weighted by Crippen LogP contribution is -2.41. The predicted molar refractivity (Wildman–Crippen MR) is 92.0 cm³/mol. The summed E-state index contributed by atoms with van der Waals surface area (Å²) in [5, 5.41) is 4.13. The van der Waals surface area contributed by atoms with Crippen LogP contribution in [0.4, 0.5) is 5.69 Å². The van der Waals surface area contributed by atoms with E-state index in [4.69, 9.17) is 4.74 Å². The second kappa shape index (κ2) is 4.98. The first-order valence-electron chi connectivity index (χ1n) is 7.60. The third-order valence-corrected chi connectivity index (χ3v) is 5.68. The van der Waals surface area contributed by atoms with E-state index in [0.717, 1.165) is 11.1 Å². The van der Waals surface area contributed by atoms with Gasteiger partial charge in [-0.2, -0.15) is 0 Å². The van der Waals surface area contributed by atoms with Crippen LogP contribution in [0.1, 0.15) is 13.8 Å². The standard InChI is InChI=1S/C17H17N3O3S/c1-17(2)11-23-14-10-18-16-13(15(14)19-17)8-9-20(16)24(21,22)12-6-4-3-5-7-12/h3-10,19H,11H2,1-2H3. The number of hydrogen-bond acceptors (Lipinski definition) is 5. The van der Waals surface area contributed by atoms with E-state index < -0.39 is 10.0 Å². The van der Waals surface area contributed by atoms with Gasteiger partial charge in [0.2, 0.25) is 0 Å². The molecule has 0 aliphatic carbocycles. The second-order valence-corrected chi connectivity index (χ2v) is 8.28. The summed E-state index contributed by atoms with van der Waals surface area (Å²) >= 11 is 0. The Kier molecular flexibility index (Phi) is 3.11. The molecule has 1 aliphatic heterocycles. The van der Waals surface area contributed by atoms with Crippen molar-refractivity contribution >= 4 is 26.7 Å². The molecule has 3 aromatic rings. The normalized spacial score (nSPS) is 16.2. The summed E-state index contributed by atoms with van der Waals surface area (Å²) in [5.41, 5.74) is 0.923. The smallest absolute Gasteiger partial charge is 0.269 e. The number of benzene rings is 1. The molecule has 0 saturated heterocycles. The third-order valence-electron chi connectivity index (χ3n) is 4.00. The Morgan fingerprint density at radius 1 is 1.21 bits per heavy atom. The van der Waals surface area contributed by atoms with Gasteiger partial charge in [-0.1, -0.05) is 18.2 Å². The van der Waals surface area contributed by atoms with E-state index in [0.29, 0.717) is 18.0 Å². The summed E-state index contributed by atoms with van der Waals surface area (Å²) in [6.45, 7) is 4.58. The first kappa shape index (κ1) is 15.0. The average molecular weight is 343 g/mol. The predicted octanol–water partition coefficient (Wildman–Crippen LogP) is 2.86. The molecule has 1 N–H and O–H groups in total.